The van der Waals surface area contributed by atoms with E-state index in [1.54, 1.807) is 37.3 Å². The van der Waals surface area contributed by atoms with Crippen LogP contribution < -0.4 is 9.47 Å². The molecule has 7 nitrogen and oxygen atoms in total. The van der Waals surface area contributed by atoms with Crippen LogP contribution in [0.4, 0.5) is 0 Å². The second-order valence-corrected chi connectivity index (χ2v) is 8.83. The quantitative estimate of drug-likeness (QED) is 0.667. The van der Waals surface area contributed by atoms with Gasteiger partial charge in [0.1, 0.15) is 11.5 Å². The van der Waals surface area contributed by atoms with E-state index >= 15 is 0 Å². The number of piperazine rings is 1. The molecule has 0 spiro atoms. The van der Waals surface area contributed by atoms with Crippen LogP contribution in [-0.2, 0) is 14.9 Å². The van der Waals surface area contributed by atoms with Gasteiger partial charge in [-0.1, -0.05) is 23.7 Å². The molecule has 2 aromatic carbocycles. The van der Waals surface area contributed by atoms with E-state index in [1.165, 1.54) is 0 Å². The monoisotopic (exact) mass is 472 g/mol. The third kappa shape index (κ3) is 4.80. The number of halogens is 1. The minimum absolute atomic E-state index is 0.0863. The largest absolute Gasteiger partial charge is 0.497 e. The van der Waals surface area contributed by atoms with Crippen LogP contribution in [0.1, 0.15) is 28.8 Å². The first-order chi connectivity index (χ1) is 16.0. The Labute approximate surface area is 199 Å². The van der Waals surface area contributed by atoms with Gasteiger partial charge in [-0.2, -0.15) is 0 Å². The average molecular weight is 473 g/mol. The molecule has 2 aliphatic rings. The number of amides is 2. The van der Waals surface area contributed by atoms with Gasteiger partial charge >= 0.3 is 0 Å². The Hall–Kier alpha value is -2.77. The fraction of sp³-hybridized carbons (Fsp3) is 0.440. The summed E-state index contributed by atoms with van der Waals surface area (Å²) >= 11 is 6.25. The molecule has 0 N–H and O–H groups in total. The molecule has 2 fully saturated rings. The zero-order valence-corrected chi connectivity index (χ0v) is 19.8. The van der Waals surface area contributed by atoms with Crippen LogP contribution in [0.15, 0.2) is 42.5 Å². The summed E-state index contributed by atoms with van der Waals surface area (Å²) in [5, 5.41) is 0.621. The maximum absolute atomic E-state index is 13.8. The van der Waals surface area contributed by atoms with Crippen LogP contribution in [0.3, 0.4) is 0 Å². The molecule has 33 heavy (non-hydrogen) atoms. The maximum Gasteiger partial charge on any atom is 0.254 e. The molecule has 0 aromatic heterocycles. The lowest BCUT2D eigenvalue weighted by molar-refractivity contribution is -0.142. The van der Waals surface area contributed by atoms with E-state index in [0.29, 0.717) is 74.3 Å². The molecular formula is C25H29ClN2O5. The number of carbonyl (C=O) groups excluding carboxylic acids is 2. The summed E-state index contributed by atoms with van der Waals surface area (Å²) in [7, 11) is 3.11. The zero-order valence-electron chi connectivity index (χ0n) is 19.0. The highest BCUT2D eigenvalue weighted by molar-refractivity contribution is 6.30. The van der Waals surface area contributed by atoms with Crippen molar-refractivity contribution in [2.45, 2.75) is 18.3 Å². The third-order valence-electron chi connectivity index (χ3n) is 6.59. The fourth-order valence-corrected chi connectivity index (χ4v) is 4.85. The highest BCUT2D eigenvalue weighted by Crippen LogP contribution is 2.38. The molecule has 0 atom stereocenters. The van der Waals surface area contributed by atoms with Crippen molar-refractivity contribution in [1.82, 2.24) is 9.80 Å². The van der Waals surface area contributed by atoms with Crippen molar-refractivity contribution in [2.75, 3.05) is 53.6 Å². The Bertz CT molecular complexity index is 991. The van der Waals surface area contributed by atoms with Crippen LogP contribution in [-0.4, -0.2) is 75.2 Å². The Morgan fingerprint density at radius 3 is 2.09 bits per heavy atom. The van der Waals surface area contributed by atoms with Gasteiger partial charge in [0.05, 0.1) is 19.6 Å². The van der Waals surface area contributed by atoms with Gasteiger partial charge in [-0.3, -0.25) is 9.59 Å². The standard InChI is InChI=1S/C25H29ClN2O5/c1-31-21-14-18(15-22(17-21)32-2)23(29)27-8-10-28(11-9-27)24(30)25(6-12-33-13-7-25)19-4-3-5-20(26)16-19/h3-5,14-17H,6-13H2,1-2H3. The lowest BCUT2D eigenvalue weighted by atomic mass is 9.73. The van der Waals surface area contributed by atoms with Crippen LogP contribution >= 0.6 is 11.6 Å². The first kappa shape index (κ1) is 23.4. The van der Waals surface area contributed by atoms with Gasteiger partial charge in [0.15, 0.2) is 0 Å². The second-order valence-electron chi connectivity index (χ2n) is 8.39. The van der Waals surface area contributed by atoms with Gasteiger partial charge in [-0.15, -0.1) is 0 Å². The number of methoxy groups -OCH3 is 2. The van der Waals surface area contributed by atoms with Crippen molar-refractivity contribution in [3.63, 3.8) is 0 Å². The highest BCUT2D eigenvalue weighted by atomic mass is 35.5. The topological polar surface area (TPSA) is 68.3 Å². The van der Waals surface area contributed by atoms with E-state index in [4.69, 9.17) is 25.8 Å². The second kappa shape index (κ2) is 10.0. The van der Waals surface area contributed by atoms with Crippen molar-refractivity contribution < 1.29 is 23.8 Å². The molecule has 2 heterocycles. The highest BCUT2D eigenvalue weighted by Gasteiger charge is 2.44. The third-order valence-corrected chi connectivity index (χ3v) is 6.82. The minimum Gasteiger partial charge on any atom is -0.497 e. The van der Waals surface area contributed by atoms with Gasteiger partial charge in [-0.25, -0.2) is 0 Å². The summed E-state index contributed by atoms with van der Waals surface area (Å²) in [6.45, 7) is 2.96. The smallest absolute Gasteiger partial charge is 0.254 e. The summed E-state index contributed by atoms with van der Waals surface area (Å²) in [6, 6.07) is 12.7. The van der Waals surface area contributed by atoms with Gasteiger partial charge in [-0.05, 0) is 42.7 Å². The molecule has 2 aliphatic heterocycles. The number of nitrogens with zero attached hydrogens (tertiary/aromatic N) is 2. The predicted molar refractivity (Wildman–Crippen MR) is 125 cm³/mol. The Balaban J connectivity index is 1.49. The van der Waals surface area contributed by atoms with Gasteiger partial charge in [0, 0.05) is 56.0 Å². The SMILES string of the molecule is COc1cc(OC)cc(C(=O)N2CCN(C(=O)C3(c4cccc(Cl)c4)CCOCC3)CC2)c1. The van der Waals surface area contributed by atoms with Crippen LogP contribution in [0, 0.1) is 0 Å². The van der Waals surface area contributed by atoms with Crippen molar-refractivity contribution in [3.05, 3.63) is 58.6 Å². The number of carbonyl (C=O) groups is 2. The molecule has 4 rings (SSSR count). The molecule has 8 heteroatoms. The van der Waals surface area contributed by atoms with Gasteiger partial charge < -0.3 is 24.0 Å². The summed E-state index contributed by atoms with van der Waals surface area (Å²) in [6.07, 6.45) is 1.24. The molecule has 2 aromatic rings. The van der Waals surface area contributed by atoms with E-state index in [1.807, 2.05) is 29.2 Å². The number of hydrogen-bond donors (Lipinski definition) is 0. The van der Waals surface area contributed by atoms with Crippen molar-refractivity contribution in [1.29, 1.82) is 0 Å². The molecule has 0 saturated carbocycles. The summed E-state index contributed by atoms with van der Waals surface area (Å²) < 4.78 is 16.1. The van der Waals surface area contributed by atoms with E-state index in [2.05, 4.69) is 0 Å². The first-order valence-corrected chi connectivity index (χ1v) is 11.5. The predicted octanol–water partition coefficient (Wildman–Crippen LogP) is 3.39. The van der Waals surface area contributed by atoms with Crippen LogP contribution in [0.2, 0.25) is 5.02 Å². The van der Waals surface area contributed by atoms with Gasteiger partial charge in [0.25, 0.3) is 5.91 Å². The fourth-order valence-electron chi connectivity index (χ4n) is 4.66. The van der Waals surface area contributed by atoms with Crippen molar-refractivity contribution >= 4 is 23.4 Å². The Morgan fingerprint density at radius 2 is 1.52 bits per heavy atom. The lowest BCUT2D eigenvalue weighted by Crippen LogP contribution is -2.56. The number of rotatable bonds is 5. The number of hydrogen-bond acceptors (Lipinski definition) is 5. The first-order valence-electron chi connectivity index (χ1n) is 11.1. The Kier molecular flexibility index (Phi) is 7.10. The summed E-state index contributed by atoms with van der Waals surface area (Å²) in [5.41, 5.74) is 0.797. The van der Waals surface area contributed by atoms with Crippen LogP contribution in [0.5, 0.6) is 11.5 Å². The summed E-state index contributed by atoms with van der Waals surface area (Å²) in [4.78, 5) is 30.6. The summed E-state index contributed by atoms with van der Waals surface area (Å²) in [5.74, 6) is 1.11. The molecule has 2 saturated heterocycles. The van der Waals surface area contributed by atoms with Crippen molar-refractivity contribution in [3.8, 4) is 11.5 Å². The zero-order chi connectivity index (χ0) is 23.4. The van der Waals surface area contributed by atoms with Crippen LogP contribution in [0.25, 0.3) is 0 Å². The lowest BCUT2D eigenvalue weighted by Gasteiger charge is -2.43. The molecule has 0 aliphatic carbocycles. The number of ether oxygens (including phenoxy) is 3. The molecule has 0 unspecified atom stereocenters. The van der Waals surface area contributed by atoms with Crippen molar-refractivity contribution in [2.24, 2.45) is 0 Å². The minimum atomic E-state index is -0.643. The number of benzene rings is 2. The molecule has 2 amide bonds. The molecular weight excluding hydrogens is 444 g/mol. The van der Waals surface area contributed by atoms with E-state index < -0.39 is 5.41 Å². The average Bonchev–Trinajstić information content (AvgIpc) is 2.88. The van der Waals surface area contributed by atoms with E-state index in [-0.39, 0.29) is 11.8 Å². The Morgan fingerprint density at radius 1 is 0.909 bits per heavy atom. The molecule has 176 valence electrons. The maximum atomic E-state index is 13.8. The molecule has 0 radical (unpaired) electrons. The van der Waals surface area contributed by atoms with Gasteiger partial charge in [0.2, 0.25) is 5.91 Å². The molecule has 0 bridgehead atoms. The normalized spacial score (nSPS) is 18.0. The van der Waals surface area contributed by atoms with E-state index in [9.17, 15) is 9.59 Å². The van der Waals surface area contributed by atoms with E-state index in [0.717, 1.165) is 5.56 Å².